The smallest absolute Gasteiger partial charge is 0.273 e. The fraction of sp³-hybridized carbons (Fsp3) is 0.241. The van der Waals surface area contributed by atoms with E-state index in [0.717, 1.165) is 16.7 Å². The van der Waals surface area contributed by atoms with Crippen molar-refractivity contribution >= 4 is 5.91 Å². The molecule has 37 heavy (non-hydrogen) atoms. The van der Waals surface area contributed by atoms with Gasteiger partial charge in [-0.3, -0.25) is 9.89 Å². The van der Waals surface area contributed by atoms with Crippen LogP contribution in [0.25, 0.3) is 11.3 Å². The molecule has 1 aliphatic rings. The number of carbonyl (C=O) groups is 1. The summed E-state index contributed by atoms with van der Waals surface area (Å²) in [7, 11) is 3.15. The van der Waals surface area contributed by atoms with Crippen LogP contribution in [0, 0.1) is 19.7 Å². The van der Waals surface area contributed by atoms with Crippen LogP contribution >= 0.6 is 0 Å². The highest BCUT2D eigenvalue weighted by molar-refractivity contribution is 6.00. The van der Waals surface area contributed by atoms with Gasteiger partial charge in [-0.15, -0.1) is 0 Å². The molecule has 1 amide bonds. The highest BCUT2D eigenvalue weighted by Crippen LogP contribution is 2.46. The van der Waals surface area contributed by atoms with E-state index in [1.165, 1.54) is 6.07 Å². The van der Waals surface area contributed by atoms with Crippen molar-refractivity contribution in [1.82, 2.24) is 15.1 Å². The summed E-state index contributed by atoms with van der Waals surface area (Å²) in [5.74, 6) is 0.593. The van der Waals surface area contributed by atoms with Crippen LogP contribution in [0.5, 0.6) is 17.2 Å². The first-order valence-electron chi connectivity index (χ1n) is 12.0. The number of aromatic nitrogens is 2. The predicted octanol–water partition coefficient (Wildman–Crippen LogP) is 5.34. The highest BCUT2D eigenvalue weighted by Gasteiger charge is 2.43. The van der Waals surface area contributed by atoms with Crippen LogP contribution in [0.15, 0.2) is 54.6 Å². The van der Waals surface area contributed by atoms with Gasteiger partial charge in [-0.25, -0.2) is 4.39 Å². The maximum Gasteiger partial charge on any atom is 0.273 e. The van der Waals surface area contributed by atoms with Gasteiger partial charge in [0.1, 0.15) is 23.0 Å². The number of phenols is 1. The van der Waals surface area contributed by atoms with Gasteiger partial charge in [-0.05, 0) is 61.2 Å². The van der Waals surface area contributed by atoms with Crippen molar-refractivity contribution in [3.8, 4) is 28.5 Å². The third kappa shape index (κ3) is 4.18. The monoisotopic (exact) mass is 501 g/mol. The lowest BCUT2D eigenvalue weighted by Gasteiger charge is -2.27. The number of aromatic amines is 1. The molecule has 0 unspecified atom stereocenters. The Kier molecular flexibility index (Phi) is 6.33. The maximum absolute atomic E-state index is 15.2. The Balaban J connectivity index is 1.58. The molecule has 7 nitrogen and oxygen atoms in total. The van der Waals surface area contributed by atoms with E-state index in [1.807, 2.05) is 38.1 Å². The van der Waals surface area contributed by atoms with Crippen LogP contribution in [-0.4, -0.2) is 46.9 Å². The molecule has 0 saturated heterocycles. The average Bonchev–Trinajstić information content (AvgIpc) is 3.41. The standard InChI is InChI=1S/C29H28FN3O4/c1-16-13-17(2)24(21(34)14-16)26-25-27(32-31-26)29(35)33(28(25)19-7-5-6-8-20(19)30)12-11-18-9-10-22(36-3)23(15-18)37-4/h5-10,13-15,28,34H,11-12H2,1-4H3,(H,31,32)/t28-/m1/s1. The van der Waals surface area contributed by atoms with Gasteiger partial charge in [0.05, 0.1) is 20.3 Å². The predicted molar refractivity (Wildman–Crippen MR) is 138 cm³/mol. The number of hydrogen-bond donors (Lipinski definition) is 2. The normalized spacial score (nSPS) is 14.7. The lowest BCUT2D eigenvalue weighted by Crippen LogP contribution is -2.32. The first-order chi connectivity index (χ1) is 17.8. The fourth-order valence-electron chi connectivity index (χ4n) is 5.18. The summed E-state index contributed by atoms with van der Waals surface area (Å²) < 4.78 is 25.9. The first-order valence-corrected chi connectivity index (χ1v) is 12.0. The molecule has 1 aliphatic heterocycles. The lowest BCUT2D eigenvalue weighted by atomic mass is 9.93. The Bertz CT molecular complexity index is 1470. The summed E-state index contributed by atoms with van der Waals surface area (Å²) >= 11 is 0. The maximum atomic E-state index is 15.2. The Hall–Kier alpha value is -4.33. The van der Waals surface area contributed by atoms with Crippen molar-refractivity contribution in [3.05, 3.63) is 93.9 Å². The second-order valence-electron chi connectivity index (χ2n) is 9.20. The summed E-state index contributed by atoms with van der Waals surface area (Å²) in [5, 5.41) is 18.1. The van der Waals surface area contributed by atoms with Crippen LogP contribution in [-0.2, 0) is 6.42 Å². The van der Waals surface area contributed by atoms with Crippen LogP contribution in [0.3, 0.4) is 0 Å². The van der Waals surface area contributed by atoms with Gasteiger partial charge in [-0.2, -0.15) is 5.10 Å². The Labute approximate surface area is 214 Å². The molecule has 0 radical (unpaired) electrons. The van der Waals surface area contributed by atoms with Crippen molar-refractivity contribution in [1.29, 1.82) is 0 Å². The van der Waals surface area contributed by atoms with Crippen LogP contribution in [0.1, 0.15) is 44.3 Å². The molecular weight excluding hydrogens is 473 g/mol. The third-order valence-electron chi connectivity index (χ3n) is 6.85. The minimum Gasteiger partial charge on any atom is -0.507 e. The molecule has 0 saturated carbocycles. The second kappa shape index (κ2) is 9.61. The molecule has 0 fully saturated rings. The number of nitrogens with one attached hydrogen (secondary N) is 1. The van der Waals surface area contributed by atoms with E-state index < -0.39 is 11.9 Å². The van der Waals surface area contributed by atoms with Crippen molar-refractivity contribution in [2.24, 2.45) is 0 Å². The topological polar surface area (TPSA) is 87.7 Å². The quantitative estimate of drug-likeness (QED) is 0.357. The van der Waals surface area contributed by atoms with E-state index in [4.69, 9.17) is 9.47 Å². The number of methoxy groups -OCH3 is 2. The number of H-pyrrole nitrogens is 1. The molecule has 1 aromatic heterocycles. The van der Waals surface area contributed by atoms with E-state index in [2.05, 4.69) is 10.2 Å². The van der Waals surface area contributed by atoms with Crippen LogP contribution < -0.4 is 9.47 Å². The minimum absolute atomic E-state index is 0.0651. The van der Waals surface area contributed by atoms with E-state index >= 15 is 4.39 Å². The molecule has 1 atom stereocenters. The molecule has 4 aromatic rings. The Morgan fingerprint density at radius 3 is 2.51 bits per heavy atom. The van der Waals surface area contributed by atoms with Crippen molar-refractivity contribution in [2.75, 3.05) is 20.8 Å². The Morgan fingerprint density at radius 1 is 1.05 bits per heavy atom. The number of rotatable bonds is 7. The summed E-state index contributed by atoms with van der Waals surface area (Å²) in [4.78, 5) is 15.3. The number of ether oxygens (including phenoxy) is 2. The van der Waals surface area contributed by atoms with Gasteiger partial charge >= 0.3 is 0 Å². The van der Waals surface area contributed by atoms with Gasteiger partial charge in [0.25, 0.3) is 5.91 Å². The Morgan fingerprint density at radius 2 is 1.81 bits per heavy atom. The van der Waals surface area contributed by atoms with Gasteiger partial charge in [-0.1, -0.05) is 30.3 Å². The molecule has 0 bridgehead atoms. The number of benzene rings is 3. The number of aromatic hydroxyl groups is 1. The van der Waals surface area contributed by atoms with E-state index in [1.54, 1.807) is 43.4 Å². The van der Waals surface area contributed by atoms with Gasteiger partial charge in [0.15, 0.2) is 11.5 Å². The molecule has 3 aromatic carbocycles. The van der Waals surface area contributed by atoms with Crippen molar-refractivity contribution < 1.29 is 23.8 Å². The molecule has 190 valence electrons. The number of aryl methyl sites for hydroxylation is 2. The molecule has 8 heteroatoms. The molecule has 2 heterocycles. The summed E-state index contributed by atoms with van der Waals surface area (Å²) in [6, 6.07) is 14.9. The van der Waals surface area contributed by atoms with Crippen LogP contribution in [0.2, 0.25) is 0 Å². The zero-order valence-corrected chi connectivity index (χ0v) is 21.1. The van der Waals surface area contributed by atoms with Crippen molar-refractivity contribution in [2.45, 2.75) is 26.3 Å². The zero-order valence-electron chi connectivity index (χ0n) is 21.1. The zero-order chi connectivity index (χ0) is 26.3. The average molecular weight is 502 g/mol. The number of amides is 1. The first kappa shape index (κ1) is 24.4. The summed E-state index contributed by atoms with van der Waals surface area (Å²) in [6.07, 6.45) is 0.513. The minimum atomic E-state index is -0.710. The largest absolute Gasteiger partial charge is 0.507 e. The number of phenolic OH excluding ortho intramolecular Hbond substituents is 1. The molecular formula is C29H28FN3O4. The second-order valence-corrected chi connectivity index (χ2v) is 9.20. The number of nitrogens with zero attached hydrogens (tertiary/aromatic N) is 2. The number of carbonyl (C=O) groups excluding carboxylic acids is 1. The molecule has 2 N–H and O–H groups in total. The summed E-state index contributed by atoms with van der Waals surface area (Å²) in [6.45, 7) is 4.11. The lowest BCUT2D eigenvalue weighted by molar-refractivity contribution is 0.0744. The van der Waals surface area contributed by atoms with Gasteiger partial charge in [0.2, 0.25) is 0 Å². The van der Waals surface area contributed by atoms with Gasteiger partial charge in [0, 0.05) is 23.2 Å². The number of hydrogen-bond acceptors (Lipinski definition) is 5. The fourth-order valence-corrected chi connectivity index (χ4v) is 5.18. The third-order valence-corrected chi connectivity index (χ3v) is 6.85. The van der Waals surface area contributed by atoms with Gasteiger partial charge < -0.3 is 19.5 Å². The van der Waals surface area contributed by atoms with Crippen LogP contribution in [0.4, 0.5) is 4.39 Å². The number of fused-ring (bicyclic) bond motifs is 1. The molecule has 0 spiro atoms. The highest BCUT2D eigenvalue weighted by atomic mass is 19.1. The van der Waals surface area contributed by atoms with E-state index in [9.17, 15) is 9.90 Å². The van der Waals surface area contributed by atoms with E-state index in [0.29, 0.717) is 52.5 Å². The SMILES string of the molecule is COc1ccc(CCN2C(=O)c3[nH]nc(-c4c(C)cc(C)cc4O)c3[C@H]2c2ccccc2F)cc1OC. The molecule has 0 aliphatic carbocycles. The summed E-state index contributed by atoms with van der Waals surface area (Å²) in [5.41, 5.74) is 4.87. The number of halogens is 1. The molecule has 5 rings (SSSR count). The van der Waals surface area contributed by atoms with Crippen molar-refractivity contribution in [3.63, 3.8) is 0 Å². The van der Waals surface area contributed by atoms with E-state index in [-0.39, 0.29) is 11.7 Å².